The first kappa shape index (κ1) is 19.2. The lowest BCUT2D eigenvalue weighted by Crippen LogP contribution is -2.35. The molecule has 5 nitrogen and oxygen atoms in total. The number of aryl methyl sites for hydroxylation is 1. The van der Waals surface area contributed by atoms with Gasteiger partial charge in [0.25, 0.3) is 0 Å². The number of fused-ring (bicyclic) bond motifs is 1. The first-order chi connectivity index (χ1) is 13.6. The highest BCUT2D eigenvalue weighted by Crippen LogP contribution is 2.39. The lowest BCUT2D eigenvalue weighted by molar-refractivity contribution is 0.124. The second-order valence-corrected chi connectivity index (χ2v) is 8.28. The first-order valence-electron chi connectivity index (χ1n) is 10.0. The Morgan fingerprint density at radius 3 is 2.82 bits per heavy atom. The van der Waals surface area contributed by atoms with Crippen LogP contribution in [-0.4, -0.2) is 49.9 Å². The summed E-state index contributed by atoms with van der Waals surface area (Å²) in [7, 11) is 1.69. The molecule has 2 aromatic carbocycles. The summed E-state index contributed by atoms with van der Waals surface area (Å²) in [6.07, 6.45) is 0. The van der Waals surface area contributed by atoms with Crippen LogP contribution in [-0.2, 0) is 13.2 Å². The smallest absolute Gasteiger partial charge is 0.161 e. The number of nitrogens with zero attached hydrogens (tertiary/aromatic N) is 1. The van der Waals surface area contributed by atoms with Gasteiger partial charge in [0.2, 0.25) is 0 Å². The van der Waals surface area contributed by atoms with E-state index >= 15 is 0 Å². The minimum absolute atomic E-state index is 0.0287. The highest BCUT2D eigenvalue weighted by molar-refractivity contribution is 5.43. The Balaban J connectivity index is 1.41. The van der Waals surface area contributed by atoms with Gasteiger partial charge in [0.1, 0.15) is 6.61 Å². The number of likely N-dealkylation sites (tertiary alicyclic amines) is 1. The Labute approximate surface area is 167 Å². The molecule has 28 heavy (non-hydrogen) atoms. The number of rotatable bonds is 7. The number of hydrogen-bond donors (Lipinski definition) is 2. The van der Waals surface area contributed by atoms with Gasteiger partial charge in [-0.2, -0.15) is 0 Å². The normalized spacial score (nSPS) is 24.3. The highest BCUT2D eigenvalue weighted by atomic mass is 16.5. The molecule has 0 amide bonds. The van der Waals surface area contributed by atoms with Gasteiger partial charge in [0, 0.05) is 31.6 Å². The summed E-state index contributed by atoms with van der Waals surface area (Å²) in [5.41, 5.74) is 3.62. The number of hydrogen-bond acceptors (Lipinski definition) is 5. The third kappa shape index (κ3) is 3.88. The molecular weight excluding hydrogens is 352 g/mol. The zero-order valence-corrected chi connectivity index (χ0v) is 16.8. The maximum absolute atomic E-state index is 9.90. The SMILES string of the molecule is COc1cc(CN2CC3CNCC3(CO)C2)ccc1OCc1cccc(C)c1. The predicted octanol–water partition coefficient (Wildman–Crippen LogP) is 2.60. The monoisotopic (exact) mass is 382 g/mol. The number of methoxy groups -OCH3 is 1. The summed E-state index contributed by atoms with van der Waals surface area (Å²) in [6, 6.07) is 14.5. The Bertz CT molecular complexity index is 825. The molecule has 2 fully saturated rings. The van der Waals surface area contributed by atoms with E-state index in [9.17, 15) is 5.11 Å². The lowest BCUT2D eigenvalue weighted by atomic mass is 9.82. The Hall–Kier alpha value is -2.08. The molecule has 0 saturated carbocycles. The van der Waals surface area contributed by atoms with E-state index in [1.807, 2.05) is 6.07 Å². The van der Waals surface area contributed by atoms with Crippen molar-refractivity contribution in [2.45, 2.75) is 20.1 Å². The fourth-order valence-corrected chi connectivity index (χ4v) is 4.63. The van der Waals surface area contributed by atoms with Crippen LogP contribution in [0, 0.1) is 18.3 Å². The molecule has 2 heterocycles. The van der Waals surface area contributed by atoms with Gasteiger partial charge in [0.05, 0.1) is 13.7 Å². The number of ether oxygens (including phenoxy) is 2. The number of nitrogens with one attached hydrogen (secondary N) is 1. The van der Waals surface area contributed by atoms with Crippen molar-refractivity contribution in [1.29, 1.82) is 0 Å². The predicted molar refractivity (Wildman–Crippen MR) is 110 cm³/mol. The molecule has 2 aliphatic rings. The van der Waals surface area contributed by atoms with E-state index in [0.29, 0.717) is 12.5 Å². The zero-order chi connectivity index (χ0) is 19.6. The fraction of sp³-hybridized carbons (Fsp3) is 0.478. The van der Waals surface area contributed by atoms with Gasteiger partial charge in [-0.05, 0) is 42.6 Å². The Kier molecular flexibility index (Phi) is 5.58. The van der Waals surface area contributed by atoms with Crippen LogP contribution < -0.4 is 14.8 Å². The van der Waals surface area contributed by atoms with Gasteiger partial charge in [-0.25, -0.2) is 0 Å². The van der Waals surface area contributed by atoms with Gasteiger partial charge < -0.3 is 19.9 Å². The lowest BCUT2D eigenvalue weighted by Gasteiger charge is -2.25. The Morgan fingerprint density at radius 2 is 2.07 bits per heavy atom. The van der Waals surface area contributed by atoms with Crippen molar-refractivity contribution in [2.75, 3.05) is 39.9 Å². The maximum Gasteiger partial charge on any atom is 0.161 e. The van der Waals surface area contributed by atoms with Crippen LogP contribution >= 0.6 is 0 Å². The second-order valence-electron chi connectivity index (χ2n) is 8.28. The topological polar surface area (TPSA) is 54.0 Å². The van der Waals surface area contributed by atoms with E-state index in [1.54, 1.807) is 7.11 Å². The van der Waals surface area contributed by atoms with E-state index in [2.05, 4.69) is 53.5 Å². The molecule has 0 spiro atoms. The Morgan fingerprint density at radius 1 is 1.18 bits per heavy atom. The summed E-state index contributed by atoms with van der Waals surface area (Å²) in [6.45, 7) is 7.63. The minimum Gasteiger partial charge on any atom is -0.493 e. The summed E-state index contributed by atoms with van der Waals surface area (Å²) >= 11 is 0. The van der Waals surface area contributed by atoms with Crippen molar-refractivity contribution in [2.24, 2.45) is 11.3 Å². The third-order valence-electron chi connectivity index (χ3n) is 6.18. The average molecular weight is 383 g/mol. The molecule has 2 unspecified atom stereocenters. The van der Waals surface area contributed by atoms with Crippen LogP contribution in [0.15, 0.2) is 42.5 Å². The van der Waals surface area contributed by atoms with Gasteiger partial charge in [0.15, 0.2) is 11.5 Å². The quantitative estimate of drug-likeness (QED) is 0.771. The highest BCUT2D eigenvalue weighted by Gasteiger charge is 2.48. The van der Waals surface area contributed by atoms with Crippen LogP contribution in [0.3, 0.4) is 0 Å². The fourth-order valence-electron chi connectivity index (χ4n) is 4.63. The van der Waals surface area contributed by atoms with Crippen molar-refractivity contribution in [1.82, 2.24) is 10.2 Å². The molecule has 4 rings (SSSR count). The second kappa shape index (κ2) is 8.11. The molecule has 0 radical (unpaired) electrons. The molecule has 0 aromatic heterocycles. The molecule has 2 atom stereocenters. The molecule has 5 heteroatoms. The molecular formula is C23H30N2O3. The van der Waals surface area contributed by atoms with Crippen LogP contribution in [0.2, 0.25) is 0 Å². The molecule has 0 bridgehead atoms. The van der Waals surface area contributed by atoms with Gasteiger partial charge in [-0.3, -0.25) is 4.90 Å². The molecule has 2 saturated heterocycles. The van der Waals surface area contributed by atoms with E-state index in [-0.39, 0.29) is 12.0 Å². The van der Waals surface area contributed by atoms with Crippen molar-refractivity contribution in [3.05, 3.63) is 59.2 Å². The summed E-state index contributed by atoms with van der Waals surface area (Å²) < 4.78 is 11.6. The third-order valence-corrected chi connectivity index (χ3v) is 6.18. The van der Waals surface area contributed by atoms with Crippen LogP contribution in [0.5, 0.6) is 11.5 Å². The largest absolute Gasteiger partial charge is 0.493 e. The molecule has 2 aromatic rings. The van der Waals surface area contributed by atoms with Crippen molar-refractivity contribution in [3.63, 3.8) is 0 Å². The molecule has 2 aliphatic heterocycles. The van der Waals surface area contributed by atoms with Gasteiger partial charge in [-0.15, -0.1) is 0 Å². The number of aliphatic hydroxyl groups excluding tert-OH is 1. The van der Waals surface area contributed by atoms with Gasteiger partial charge in [-0.1, -0.05) is 35.9 Å². The molecule has 0 aliphatic carbocycles. The standard InChI is InChI=1S/C23H30N2O3/c1-17-4-3-5-19(8-17)13-28-21-7-6-18(9-22(21)27-2)11-25-12-20-10-24-14-23(20,15-25)16-26/h3-9,20,24,26H,10-16H2,1-2H3. The van der Waals surface area contributed by atoms with Crippen molar-refractivity contribution < 1.29 is 14.6 Å². The summed E-state index contributed by atoms with van der Waals surface area (Å²) in [5, 5.41) is 13.3. The van der Waals surface area contributed by atoms with Crippen molar-refractivity contribution in [3.8, 4) is 11.5 Å². The van der Waals surface area contributed by atoms with Crippen molar-refractivity contribution >= 4 is 0 Å². The van der Waals surface area contributed by atoms with Crippen LogP contribution in [0.25, 0.3) is 0 Å². The summed E-state index contributed by atoms with van der Waals surface area (Å²) in [4.78, 5) is 2.45. The number of aliphatic hydroxyl groups is 1. The zero-order valence-electron chi connectivity index (χ0n) is 16.8. The van der Waals surface area contributed by atoms with Crippen LogP contribution in [0.1, 0.15) is 16.7 Å². The molecule has 2 N–H and O–H groups in total. The average Bonchev–Trinajstić information content (AvgIpc) is 3.24. The molecule has 150 valence electrons. The van der Waals surface area contributed by atoms with Crippen LogP contribution in [0.4, 0.5) is 0 Å². The maximum atomic E-state index is 9.90. The van der Waals surface area contributed by atoms with E-state index < -0.39 is 0 Å². The van der Waals surface area contributed by atoms with E-state index in [1.165, 1.54) is 11.1 Å². The van der Waals surface area contributed by atoms with E-state index in [4.69, 9.17) is 9.47 Å². The van der Waals surface area contributed by atoms with E-state index in [0.717, 1.165) is 49.8 Å². The first-order valence-corrected chi connectivity index (χ1v) is 10.0. The minimum atomic E-state index is 0.0287. The summed E-state index contributed by atoms with van der Waals surface area (Å²) in [5.74, 6) is 2.07. The van der Waals surface area contributed by atoms with Gasteiger partial charge >= 0.3 is 0 Å². The number of benzene rings is 2.